The summed E-state index contributed by atoms with van der Waals surface area (Å²) in [6, 6.07) is 0.952. The predicted molar refractivity (Wildman–Crippen MR) is 89.0 cm³/mol. The zero-order valence-electron chi connectivity index (χ0n) is 14.7. The molecule has 0 amide bonds. The Kier molecular flexibility index (Phi) is 6.96. The van der Waals surface area contributed by atoms with E-state index in [0.29, 0.717) is 17.5 Å². The van der Waals surface area contributed by atoms with Gasteiger partial charge in [-0.05, 0) is 70.7 Å². The zero-order chi connectivity index (χ0) is 15.3. The van der Waals surface area contributed by atoms with Crippen molar-refractivity contribution < 1.29 is 0 Å². The van der Waals surface area contributed by atoms with Gasteiger partial charge in [0.15, 0.2) is 0 Å². The molecule has 3 nitrogen and oxygen atoms in total. The number of rotatable bonds is 6. The largest absolute Gasteiger partial charge is 0.326 e. The zero-order valence-corrected chi connectivity index (χ0v) is 14.7. The number of nitrogens with two attached hydrogens (primary N) is 1. The molecular formula is C17H37N3. The van der Waals surface area contributed by atoms with E-state index in [2.05, 4.69) is 51.6 Å². The van der Waals surface area contributed by atoms with Gasteiger partial charge in [-0.2, -0.15) is 0 Å². The van der Waals surface area contributed by atoms with Crippen LogP contribution >= 0.6 is 0 Å². The molecule has 1 fully saturated rings. The van der Waals surface area contributed by atoms with E-state index < -0.39 is 0 Å². The number of hydrogen-bond acceptors (Lipinski definition) is 3. The maximum Gasteiger partial charge on any atom is 0.0249 e. The highest BCUT2D eigenvalue weighted by atomic mass is 15.2. The van der Waals surface area contributed by atoms with E-state index in [1.165, 1.54) is 38.8 Å². The molecule has 0 aromatic heterocycles. The van der Waals surface area contributed by atoms with Crippen LogP contribution < -0.4 is 5.73 Å². The van der Waals surface area contributed by atoms with Gasteiger partial charge in [0.25, 0.3) is 0 Å². The second-order valence-electron chi connectivity index (χ2n) is 7.89. The van der Waals surface area contributed by atoms with Crippen molar-refractivity contribution in [2.24, 2.45) is 17.1 Å². The molecule has 0 aromatic rings. The minimum atomic E-state index is 0.368. The fourth-order valence-corrected chi connectivity index (χ4v) is 3.53. The van der Waals surface area contributed by atoms with Crippen molar-refractivity contribution in [1.82, 2.24) is 9.80 Å². The summed E-state index contributed by atoms with van der Waals surface area (Å²) in [5.74, 6) is 0.815. The molecule has 20 heavy (non-hydrogen) atoms. The Hall–Kier alpha value is -0.120. The first-order valence-electron chi connectivity index (χ1n) is 8.40. The van der Waals surface area contributed by atoms with Gasteiger partial charge in [-0.1, -0.05) is 27.7 Å². The molecule has 3 heteroatoms. The van der Waals surface area contributed by atoms with Gasteiger partial charge in [0.1, 0.15) is 0 Å². The summed E-state index contributed by atoms with van der Waals surface area (Å²) in [5.41, 5.74) is 6.86. The molecule has 2 N–H and O–H groups in total. The Morgan fingerprint density at radius 3 is 2.25 bits per heavy atom. The van der Waals surface area contributed by atoms with Crippen molar-refractivity contribution in [2.45, 2.75) is 65.5 Å². The lowest BCUT2D eigenvalue weighted by Crippen LogP contribution is -2.53. The second-order valence-corrected chi connectivity index (χ2v) is 7.89. The van der Waals surface area contributed by atoms with Crippen LogP contribution in [0.4, 0.5) is 0 Å². The van der Waals surface area contributed by atoms with E-state index in [-0.39, 0.29) is 0 Å². The fourth-order valence-electron chi connectivity index (χ4n) is 3.53. The highest BCUT2D eigenvalue weighted by Crippen LogP contribution is 2.38. The van der Waals surface area contributed by atoms with E-state index in [0.717, 1.165) is 12.5 Å². The first-order chi connectivity index (χ1) is 9.25. The van der Waals surface area contributed by atoms with Gasteiger partial charge in [0.2, 0.25) is 0 Å². The molecule has 0 aromatic carbocycles. The van der Waals surface area contributed by atoms with Gasteiger partial charge in [0.05, 0.1) is 0 Å². The topological polar surface area (TPSA) is 32.5 Å². The maximum atomic E-state index is 6.44. The van der Waals surface area contributed by atoms with Gasteiger partial charge < -0.3 is 10.6 Å². The Labute approximate surface area is 126 Å². The Bertz CT molecular complexity index is 270. The Balaban J connectivity index is 2.59. The van der Waals surface area contributed by atoms with Gasteiger partial charge in [-0.3, -0.25) is 4.90 Å². The van der Waals surface area contributed by atoms with E-state index in [9.17, 15) is 0 Å². The van der Waals surface area contributed by atoms with E-state index in [1.54, 1.807) is 0 Å². The molecule has 3 unspecified atom stereocenters. The van der Waals surface area contributed by atoms with Crippen LogP contribution in [0.1, 0.15) is 53.4 Å². The monoisotopic (exact) mass is 283 g/mol. The van der Waals surface area contributed by atoms with Crippen LogP contribution in [0.25, 0.3) is 0 Å². The molecule has 0 spiro atoms. The molecule has 0 aliphatic heterocycles. The second kappa shape index (κ2) is 7.77. The quantitative estimate of drug-likeness (QED) is 0.813. The molecule has 1 saturated carbocycles. The Morgan fingerprint density at radius 2 is 1.75 bits per heavy atom. The molecular weight excluding hydrogens is 246 g/mol. The lowest BCUT2D eigenvalue weighted by Gasteiger charge is -2.45. The third kappa shape index (κ3) is 5.34. The van der Waals surface area contributed by atoms with Crippen LogP contribution in [0, 0.1) is 11.3 Å². The lowest BCUT2D eigenvalue weighted by atomic mass is 9.69. The van der Waals surface area contributed by atoms with Crippen molar-refractivity contribution in [3.8, 4) is 0 Å². The summed E-state index contributed by atoms with van der Waals surface area (Å²) in [4.78, 5) is 4.90. The minimum absolute atomic E-state index is 0.368. The third-order valence-electron chi connectivity index (χ3n) is 5.02. The normalized spacial score (nSPS) is 28.4. The third-order valence-corrected chi connectivity index (χ3v) is 5.02. The molecule has 0 heterocycles. The summed E-state index contributed by atoms with van der Waals surface area (Å²) in [6.45, 7) is 12.9. The summed E-state index contributed by atoms with van der Waals surface area (Å²) in [5, 5.41) is 0. The average molecular weight is 284 g/mol. The van der Waals surface area contributed by atoms with E-state index in [1.807, 2.05) is 0 Å². The van der Waals surface area contributed by atoms with Crippen LogP contribution in [0.5, 0.6) is 0 Å². The fraction of sp³-hybridized carbons (Fsp3) is 1.00. The minimum Gasteiger partial charge on any atom is -0.326 e. The molecule has 1 aliphatic carbocycles. The number of likely N-dealkylation sites (N-methyl/N-ethyl adjacent to an activating group) is 1. The first-order valence-corrected chi connectivity index (χ1v) is 8.40. The first kappa shape index (κ1) is 17.9. The van der Waals surface area contributed by atoms with Gasteiger partial charge in [0, 0.05) is 12.1 Å². The molecule has 1 rings (SSSR count). The summed E-state index contributed by atoms with van der Waals surface area (Å²) in [7, 11) is 4.30. The summed E-state index contributed by atoms with van der Waals surface area (Å²) < 4.78 is 0. The molecule has 0 radical (unpaired) electrons. The molecule has 3 atom stereocenters. The summed E-state index contributed by atoms with van der Waals surface area (Å²) in [6.07, 6.45) is 5.01. The van der Waals surface area contributed by atoms with Crippen LogP contribution in [-0.2, 0) is 0 Å². The highest BCUT2D eigenvalue weighted by molar-refractivity contribution is 4.92. The molecule has 1 aliphatic rings. The highest BCUT2D eigenvalue weighted by Gasteiger charge is 2.36. The van der Waals surface area contributed by atoms with Gasteiger partial charge in [-0.15, -0.1) is 0 Å². The molecule has 0 bridgehead atoms. The van der Waals surface area contributed by atoms with Gasteiger partial charge in [-0.25, -0.2) is 0 Å². The Morgan fingerprint density at radius 1 is 1.10 bits per heavy atom. The van der Waals surface area contributed by atoms with Crippen molar-refractivity contribution in [1.29, 1.82) is 0 Å². The van der Waals surface area contributed by atoms with Crippen LogP contribution in [0.2, 0.25) is 0 Å². The van der Waals surface area contributed by atoms with Crippen molar-refractivity contribution in [3.05, 3.63) is 0 Å². The van der Waals surface area contributed by atoms with Crippen molar-refractivity contribution in [2.75, 3.05) is 33.7 Å². The van der Waals surface area contributed by atoms with Crippen molar-refractivity contribution >= 4 is 0 Å². The standard InChI is InChI=1S/C17H37N3/c1-7-20(12-8-11-19(5)6)16-13-14(17(2,3)4)9-10-15(16)18/h14-16H,7-13,18H2,1-6H3. The molecule has 120 valence electrons. The maximum absolute atomic E-state index is 6.44. The van der Waals surface area contributed by atoms with Gasteiger partial charge >= 0.3 is 0 Å². The van der Waals surface area contributed by atoms with Crippen molar-refractivity contribution in [3.63, 3.8) is 0 Å². The molecule has 0 saturated heterocycles. The van der Waals surface area contributed by atoms with E-state index >= 15 is 0 Å². The average Bonchev–Trinajstić information content (AvgIpc) is 2.34. The smallest absolute Gasteiger partial charge is 0.0249 e. The number of nitrogens with zero attached hydrogens (tertiary/aromatic N) is 2. The lowest BCUT2D eigenvalue weighted by molar-refractivity contribution is 0.0704. The van der Waals surface area contributed by atoms with Crippen LogP contribution in [0.15, 0.2) is 0 Å². The number of hydrogen-bond donors (Lipinski definition) is 1. The van der Waals surface area contributed by atoms with Crippen LogP contribution in [-0.4, -0.2) is 55.6 Å². The predicted octanol–water partition coefficient (Wildman–Crippen LogP) is 2.80. The van der Waals surface area contributed by atoms with Crippen LogP contribution in [0.3, 0.4) is 0 Å². The SMILES string of the molecule is CCN(CCCN(C)C)C1CC(C(C)(C)C)CCC1N. The van der Waals surface area contributed by atoms with E-state index in [4.69, 9.17) is 5.73 Å². The summed E-state index contributed by atoms with van der Waals surface area (Å²) >= 11 is 0.